The van der Waals surface area contributed by atoms with E-state index in [9.17, 15) is 0 Å². The maximum Gasteiger partial charge on any atom is 0.119 e. The molecule has 0 aliphatic heterocycles. The van der Waals surface area contributed by atoms with E-state index in [0.29, 0.717) is 0 Å². The summed E-state index contributed by atoms with van der Waals surface area (Å²) in [4.78, 5) is 0. The maximum absolute atomic E-state index is 5.96. The van der Waals surface area contributed by atoms with E-state index in [2.05, 4.69) is 60.8 Å². The molecule has 0 aromatic heterocycles. The van der Waals surface area contributed by atoms with Gasteiger partial charge in [0.15, 0.2) is 0 Å². The first kappa shape index (κ1) is 23.5. The van der Waals surface area contributed by atoms with Crippen LogP contribution in [0.2, 0.25) is 0 Å². The molecule has 1 fully saturated rings. The summed E-state index contributed by atoms with van der Waals surface area (Å²) < 4.78 is 11.8. The number of benzene rings is 2. The summed E-state index contributed by atoms with van der Waals surface area (Å²) in [6, 6.07) is 16.8. The van der Waals surface area contributed by atoms with Gasteiger partial charge in [-0.05, 0) is 60.7 Å². The molecule has 1 N–H and O–H groups in total. The Bertz CT molecular complexity index is 705. The highest BCUT2D eigenvalue weighted by Gasteiger charge is 2.13. The van der Waals surface area contributed by atoms with Crippen LogP contribution in [0.3, 0.4) is 0 Å². The van der Waals surface area contributed by atoms with E-state index in [0.717, 1.165) is 49.3 Å². The van der Waals surface area contributed by atoms with E-state index >= 15 is 0 Å². The van der Waals surface area contributed by atoms with Gasteiger partial charge in [-0.2, -0.15) is 0 Å². The molecule has 1 aliphatic rings. The number of ether oxygens (including phenoxy) is 2. The Morgan fingerprint density at radius 2 is 1.39 bits per heavy atom. The Hall–Kier alpha value is -2.16. The zero-order chi connectivity index (χ0) is 21.6. The Morgan fingerprint density at radius 1 is 0.742 bits per heavy atom. The molecule has 0 bridgehead atoms. The molecule has 31 heavy (non-hydrogen) atoms. The molecule has 0 atom stereocenters. The second-order valence-corrected chi connectivity index (χ2v) is 8.93. The minimum absolute atomic E-state index is 0.805. The standard InChI is InChI=1S/C28H41NO2/c1-2-3-4-5-9-21-30-27-16-12-25(13-17-27)23-29-26-14-18-28(19-15-26)31-22-20-24-10-7-6-8-11-24/h12-19,24,29H,2-11,20-23H2,1H3. The van der Waals surface area contributed by atoms with Crippen LogP contribution < -0.4 is 14.8 Å². The molecular formula is C28H41NO2. The number of hydrogen-bond acceptors (Lipinski definition) is 3. The van der Waals surface area contributed by atoms with E-state index in [1.165, 1.54) is 69.8 Å². The molecule has 3 heteroatoms. The summed E-state index contributed by atoms with van der Waals surface area (Å²) in [5.74, 6) is 2.81. The van der Waals surface area contributed by atoms with E-state index in [1.807, 2.05) is 0 Å². The third-order valence-electron chi connectivity index (χ3n) is 6.31. The third-order valence-corrected chi connectivity index (χ3v) is 6.31. The summed E-state index contributed by atoms with van der Waals surface area (Å²) in [6.07, 6.45) is 14.5. The van der Waals surface area contributed by atoms with E-state index in [-0.39, 0.29) is 0 Å². The summed E-state index contributed by atoms with van der Waals surface area (Å²) in [7, 11) is 0. The van der Waals surface area contributed by atoms with Crippen molar-refractivity contribution in [1.82, 2.24) is 0 Å². The smallest absolute Gasteiger partial charge is 0.119 e. The lowest BCUT2D eigenvalue weighted by Gasteiger charge is -2.21. The van der Waals surface area contributed by atoms with Crippen LogP contribution in [0.25, 0.3) is 0 Å². The third kappa shape index (κ3) is 9.25. The van der Waals surface area contributed by atoms with E-state index in [4.69, 9.17) is 9.47 Å². The van der Waals surface area contributed by atoms with Crippen LogP contribution in [0.4, 0.5) is 5.69 Å². The van der Waals surface area contributed by atoms with Crippen LogP contribution in [0.5, 0.6) is 11.5 Å². The predicted octanol–water partition coefficient (Wildman–Crippen LogP) is 8.00. The molecule has 0 heterocycles. The van der Waals surface area contributed by atoms with Crippen molar-refractivity contribution in [3.05, 3.63) is 54.1 Å². The molecule has 1 saturated carbocycles. The molecule has 0 saturated heterocycles. The quantitative estimate of drug-likeness (QED) is 0.312. The van der Waals surface area contributed by atoms with Gasteiger partial charge in [0.1, 0.15) is 11.5 Å². The highest BCUT2D eigenvalue weighted by Crippen LogP contribution is 2.26. The molecule has 1 aliphatic carbocycles. The normalized spacial score (nSPS) is 14.4. The Balaban J connectivity index is 1.31. The fraction of sp³-hybridized carbons (Fsp3) is 0.571. The first-order valence-corrected chi connectivity index (χ1v) is 12.5. The van der Waals surface area contributed by atoms with Crippen molar-refractivity contribution in [1.29, 1.82) is 0 Å². The summed E-state index contributed by atoms with van der Waals surface area (Å²) >= 11 is 0. The minimum atomic E-state index is 0.805. The molecular weight excluding hydrogens is 382 g/mol. The topological polar surface area (TPSA) is 30.5 Å². The van der Waals surface area contributed by atoms with Crippen LogP contribution in [0, 0.1) is 5.92 Å². The minimum Gasteiger partial charge on any atom is -0.494 e. The molecule has 0 spiro atoms. The lowest BCUT2D eigenvalue weighted by Crippen LogP contribution is -2.10. The van der Waals surface area contributed by atoms with Crippen molar-refractivity contribution >= 4 is 5.69 Å². The zero-order valence-corrected chi connectivity index (χ0v) is 19.4. The van der Waals surface area contributed by atoms with Gasteiger partial charge in [0.05, 0.1) is 13.2 Å². The second-order valence-electron chi connectivity index (χ2n) is 8.93. The van der Waals surface area contributed by atoms with E-state index < -0.39 is 0 Å². The zero-order valence-electron chi connectivity index (χ0n) is 19.4. The first-order valence-electron chi connectivity index (χ1n) is 12.5. The van der Waals surface area contributed by atoms with Gasteiger partial charge in [0.2, 0.25) is 0 Å². The van der Waals surface area contributed by atoms with Gasteiger partial charge in [0.25, 0.3) is 0 Å². The molecule has 0 unspecified atom stereocenters. The van der Waals surface area contributed by atoms with Crippen LogP contribution >= 0.6 is 0 Å². The molecule has 170 valence electrons. The van der Waals surface area contributed by atoms with Crippen LogP contribution in [0.15, 0.2) is 48.5 Å². The number of anilines is 1. The fourth-order valence-electron chi connectivity index (χ4n) is 4.29. The lowest BCUT2D eigenvalue weighted by atomic mass is 9.87. The maximum atomic E-state index is 5.96. The summed E-state index contributed by atoms with van der Waals surface area (Å²) in [6.45, 7) is 4.70. The van der Waals surface area contributed by atoms with Crippen molar-refractivity contribution in [2.75, 3.05) is 18.5 Å². The van der Waals surface area contributed by atoms with Gasteiger partial charge < -0.3 is 14.8 Å². The highest BCUT2D eigenvalue weighted by molar-refractivity contribution is 5.47. The monoisotopic (exact) mass is 423 g/mol. The van der Waals surface area contributed by atoms with Gasteiger partial charge >= 0.3 is 0 Å². The average molecular weight is 424 g/mol. The van der Waals surface area contributed by atoms with Gasteiger partial charge in [-0.3, -0.25) is 0 Å². The molecule has 3 nitrogen and oxygen atoms in total. The van der Waals surface area contributed by atoms with Gasteiger partial charge in [-0.25, -0.2) is 0 Å². The van der Waals surface area contributed by atoms with Gasteiger partial charge in [-0.1, -0.05) is 76.8 Å². The van der Waals surface area contributed by atoms with Crippen molar-refractivity contribution in [2.24, 2.45) is 5.92 Å². The van der Waals surface area contributed by atoms with E-state index in [1.54, 1.807) is 0 Å². The Labute approximate surface area is 189 Å². The molecule has 2 aromatic rings. The number of nitrogens with one attached hydrogen (secondary N) is 1. The molecule has 3 rings (SSSR count). The molecule has 0 amide bonds. The largest absolute Gasteiger partial charge is 0.494 e. The first-order chi connectivity index (χ1) is 15.3. The van der Waals surface area contributed by atoms with Crippen molar-refractivity contribution in [2.45, 2.75) is 84.1 Å². The average Bonchev–Trinajstić information content (AvgIpc) is 2.82. The SMILES string of the molecule is CCCCCCCOc1ccc(CNc2ccc(OCCC3CCCCC3)cc2)cc1. The van der Waals surface area contributed by atoms with Gasteiger partial charge in [-0.15, -0.1) is 0 Å². The number of unbranched alkanes of at least 4 members (excludes halogenated alkanes) is 4. The second kappa shape index (κ2) is 14.0. The summed E-state index contributed by atoms with van der Waals surface area (Å²) in [5, 5.41) is 3.49. The van der Waals surface area contributed by atoms with Gasteiger partial charge in [0, 0.05) is 12.2 Å². The Morgan fingerprint density at radius 3 is 2.10 bits per heavy atom. The van der Waals surface area contributed by atoms with Crippen LogP contribution in [0.1, 0.15) is 83.1 Å². The van der Waals surface area contributed by atoms with Crippen LogP contribution in [-0.4, -0.2) is 13.2 Å². The molecule has 0 radical (unpaired) electrons. The predicted molar refractivity (Wildman–Crippen MR) is 131 cm³/mol. The number of rotatable bonds is 14. The lowest BCUT2D eigenvalue weighted by molar-refractivity contribution is 0.246. The highest BCUT2D eigenvalue weighted by atomic mass is 16.5. The summed E-state index contributed by atoms with van der Waals surface area (Å²) in [5.41, 5.74) is 2.37. The van der Waals surface area contributed by atoms with Crippen LogP contribution in [-0.2, 0) is 6.54 Å². The van der Waals surface area contributed by atoms with Crippen molar-refractivity contribution in [3.63, 3.8) is 0 Å². The van der Waals surface area contributed by atoms with Crippen molar-refractivity contribution < 1.29 is 9.47 Å². The number of hydrogen-bond donors (Lipinski definition) is 1. The molecule has 2 aromatic carbocycles. The van der Waals surface area contributed by atoms with Crippen molar-refractivity contribution in [3.8, 4) is 11.5 Å². The Kier molecular flexibility index (Phi) is 10.6. The fourth-order valence-corrected chi connectivity index (χ4v) is 4.29.